The monoisotopic (exact) mass is 354 g/mol. The molecule has 0 unspecified atom stereocenters. The third-order valence-corrected chi connectivity index (χ3v) is 3.70. The van der Waals surface area contributed by atoms with Gasteiger partial charge in [0.15, 0.2) is 0 Å². The van der Waals surface area contributed by atoms with Gasteiger partial charge in [-0.3, -0.25) is 0 Å². The topological polar surface area (TPSA) is 66.0 Å². The van der Waals surface area contributed by atoms with Crippen molar-refractivity contribution in [2.75, 3.05) is 36.8 Å². The van der Waals surface area contributed by atoms with Gasteiger partial charge in [-0.2, -0.15) is 15.0 Å². The molecule has 0 aliphatic heterocycles. The largest absolute Gasteiger partial charge is 0.353 e. The van der Waals surface area contributed by atoms with Crippen LogP contribution in [0, 0.1) is 0 Å². The highest BCUT2D eigenvalue weighted by atomic mass is 35.5. The maximum absolute atomic E-state index is 5.96. The van der Waals surface area contributed by atoms with Gasteiger partial charge in [0.05, 0.1) is 0 Å². The summed E-state index contributed by atoms with van der Waals surface area (Å²) in [6.07, 6.45) is 0. The van der Waals surface area contributed by atoms with Gasteiger partial charge in [0.25, 0.3) is 0 Å². The normalized spacial score (nSPS) is 10.8. The Balaban J connectivity index is 2.01. The lowest BCUT2D eigenvalue weighted by Crippen LogP contribution is -2.29. The highest BCUT2D eigenvalue weighted by Crippen LogP contribution is 2.19. The molecule has 0 aliphatic rings. The molecule has 0 aliphatic carbocycles. The zero-order valence-corrected chi connectivity index (χ0v) is 14.7. The van der Waals surface area contributed by atoms with Crippen LogP contribution in [0.5, 0.6) is 0 Å². The second kappa shape index (κ2) is 8.86. The zero-order chi connectivity index (χ0) is 16.7. The average Bonchev–Trinajstić information content (AvgIpc) is 2.51. The van der Waals surface area contributed by atoms with E-state index in [0.717, 1.165) is 31.9 Å². The van der Waals surface area contributed by atoms with Crippen molar-refractivity contribution >= 4 is 40.8 Å². The molecule has 0 saturated carbocycles. The Morgan fingerprint density at radius 3 is 2.48 bits per heavy atom. The molecule has 1 heterocycles. The van der Waals surface area contributed by atoms with Crippen LogP contribution in [0.2, 0.25) is 10.3 Å². The first-order chi connectivity index (χ1) is 11.1. The number of anilines is 3. The Bertz CT molecular complexity index is 633. The lowest BCUT2D eigenvalue weighted by atomic mass is 10.3. The summed E-state index contributed by atoms with van der Waals surface area (Å²) in [6.45, 7) is 7.94. The molecular formula is C15H20Cl2N6. The van der Waals surface area contributed by atoms with Gasteiger partial charge in [0.1, 0.15) is 0 Å². The van der Waals surface area contributed by atoms with Crippen molar-refractivity contribution in [3.63, 3.8) is 0 Å². The summed E-state index contributed by atoms with van der Waals surface area (Å²) in [5.74, 6) is 0.819. The fourth-order valence-corrected chi connectivity index (χ4v) is 2.40. The number of hydrogen-bond donors (Lipinski definition) is 2. The summed E-state index contributed by atoms with van der Waals surface area (Å²) in [5.41, 5.74) is 0.786. The molecule has 0 spiro atoms. The summed E-state index contributed by atoms with van der Waals surface area (Å²) >= 11 is 11.9. The lowest BCUT2D eigenvalue weighted by Gasteiger charge is -2.18. The molecule has 0 atom stereocenters. The van der Waals surface area contributed by atoms with E-state index in [9.17, 15) is 0 Å². The first kappa shape index (κ1) is 17.7. The second-order valence-electron chi connectivity index (χ2n) is 4.84. The fourth-order valence-electron chi connectivity index (χ4n) is 2.05. The smallest absolute Gasteiger partial charge is 0.233 e. The molecule has 0 fully saturated rings. The molecule has 23 heavy (non-hydrogen) atoms. The number of hydrogen-bond acceptors (Lipinski definition) is 6. The van der Waals surface area contributed by atoms with Crippen LogP contribution in [0.1, 0.15) is 13.8 Å². The number of benzene rings is 1. The molecule has 1 aromatic carbocycles. The number of rotatable bonds is 8. The van der Waals surface area contributed by atoms with Gasteiger partial charge < -0.3 is 15.5 Å². The predicted octanol–water partition coefficient (Wildman–Crippen LogP) is 3.68. The van der Waals surface area contributed by atoms with Gasteiger partial charge >= 0.3 is 0 Å². The number of halogens is 2. The highest BCUT2D eigenvalue weighted by molar-refractivity contribution is 6.30. The van der Waals surface area contributed by atoms with Crippen molar-refractivity contribution in [1.82, 2.24) is 19.9 Å². The quantitative estimate of drug-likeness (QED) is 0.753. The van der Waals surface area contributed by atoms with Crippen molar-refractivity contribution in [2.24, 2.45) is 0 Å². The number of likely N-dealkylation sites (N-methyl/N-ethyl adjacent to an activating group) is 1. The average molecular weight is 355 g/mol. The van der Waals surface area contributed by atoms with E-state index in [1.54, 1.807) is 12.1 Å². The first-order valence-electron chi connectivity index (χ1n) is 7.51. The fraction of sp³-hybridized carbons (Fsp3) is 0.400. The Hall–Kier alpha value is -1.63. The molecule has 0 bridgehead atoms. The highest BCUT2D eigenvalue weighted by Gasteiger charge is 2.06. The molecule has 0 saturated heterocycles. The molecule has 2 N–H and O–H groups in total. The van der Waals surface area contributed by atoms with Gasteiger partial charge in [-0.15, -0.1) is 0 Å². The number of nitrogens with one attached hydrogen (secondary N) is 2. The standard InChI is InChI=1S/C15H20Cl2N6/c1-3-23(4-2)9-8-18-14-20-13(17)21-15(22-14)19-12-7-5-6-11(16)10-12/h5-7,10H,3-4,8-9H2,1-2H3,(H2,18,19,20,21,22). The molecule has 6 nitrogen and oxygen atoms in total. The third-order valence-electron chi connectivity index (χ3n) is 3.29. The van der Waals surface area contributed by atoms with E-state index in [4.69, 9.17) is 23.2 Å². The maximum atomic E-state index is 5.96. The Morgan fingerprint density at radius 2 is 1.78 bits per heavy atom. The molecule has 2 rings (SSSR count). The molecule has 1 aromatic heterocycles. The van der Waals surface area contributed by atoms with Crippen LogP contribution >= 0.6 is 23.2 Å². The Kier molecular flexibility index (Phi) is 6.83. The van der Waals surface area contributed by atoms with Crippen LogP contribution in [0.4, 0.5) is 17.6 Å². The van der Waals surface area contributed by atoms with Crippen molar-refractivity contribution in [3.05, 3.63) is 34.6 Å². The minimum atomic E-state index is 0.134. The minimum absolute atomic E-state index is 0.134. The zero-order valence-electron chi connectivity index (χ0n) is 13.2. The second-order valence-corrected chi connectivity index (χ2v) is 5.62. The molecule has 0 radical (unpaired) electrons. The summed E-state index contributed by atoms with van der Waals surface area (Å²) < 4.78 is 0. The molecule has 2 aromatic rings. The van der Waals surface area contributed by atoms with Crippen LogP contribution in [-0.2, 0) is 0 Å². The summed E-state index contributed by atoms with van der Waals surface area (Å²) in [6, 6.07) is 7.30. The van der Waals surface area contributed by atoms with Gasteiger partial charge in [-0.05, 0) is 42.9 Å². The van der Waals surface area contributed by atoms with Gasteiger partial charge in [0, 0.05) is 23.8 Å². The predicted molar refractivity (Wildman–Crippen MR) is 95.8 cm³/mol. The number of nitrogens with zero attached hydrogens (tertiary/aromatic N) is 4. The van der Waals surface area contributed by atoms with Crippen LogP contribution in [0.3, 0.4) is 0 Å². The van der Waals surface area contributed by atoms with Gasteiger partial charge in [-0.25, -0.2) is 0 Å². The van der Waals surface area contributed by atoms with E-state index >= 15 is 0 Å². The molecule has 8 heteroatoms. The van der Waals surface area contributed by atoms with E-state index in [1.165, 1.54) is 0 Å². The van der Waals surface area contributed by atoms with E-state index in [0.29, 0.717) is 16.9 Å². The Labute approximate surface area is 146 Å². The third kappa shape index (κ3) is 5.82. The van der Waals surface area contributed by atoms with Crippen LogP contribution in [0.25, 0.3) is 0 Å². The first-order valence-corrected chi connectivity index (χ1v) is 8.26. The molecule has 0 amide bonds. The van der Waals surface area contributed by atoms with Crippen molar-refractivity contribution in [3.8, 4) is 0 Å². The van der Waals surface area contributed by atoms with Crippen LogP contribution < -0.4 is 10.6 Å². The summed E-state index contributed by atoms with van der Waals surface area (Å²) in [7, 11) is 0. The van der Waals surface area contributed by atoms with Crippen LogP contribution in [0.15, 0.2) is 24.3 Å². The maximum Gasteiger partial charge on any atom is 0.233 e. The SMILES string of the molecule is CCN(CC)CCNc1nc(Cl)nc(Nc2cccc(Cl)c2)n1. The number of aromatic nitrogens is 3. The van der Waals surface area contributed by atoms with Crippen molar-refractivity contribution in [2.45, 2.75) is 13.8 Å². The van der Waals surface area contributed by atoms with Crippen molar-refractivity contribution < 1.29 is 0 Å². The summed E-state index contributed by atoms with van der Waals surface area (Å²) in [5, 5.41) is 7.00. The lowest BCUT2D eigenvalue weighted by molar-refractivity contribution is 0.316. The van der Waals surface area contributed by atoms with Crippen molar-refractivity contribution in [1.29, 1.82) is 0 Å². The van der Waals surface area contributed by atoms with Gasteiger partial charge in [0.2, 0.25) is 17.2 Å². The van der Waals surface area contributed by atoms with Gasteiger partial charge in [-0.1, -0.05) is 31.5 Å². The van der Waals surface area contributed by atoms with E-state index in [2.05, 4.69) is 44.3 Å². The van der Waals surface area contributed by atoms with Crippen LogP contribution in [-0.4, -0.2) is 46.0 Å². The van der Waals surface area contributed by atoms with E-state index in [-0.39, 0.29) is 5.28 Å². The van der Waals surface area contributed by atoms with E-state index < -0.39 is 0 Å². The summed E-state index contributed by atoms with van der Waals surface area (Å²) in [4.78, 5) is 14.8. The Morgan fingerprint density at radius 1 is 1.04 bits per heavy atom. The molecule has 124 valence electrons. The van der Waals surface area contributed by atoms with E-state index in [1.807, 2.05) is 12.1 Å². The minimum Gasteiger partial charge on any atom is -0.353 e. The molecular weight excluding hydrogens is 335 g/mol.